The zero-order chi connectivity index (χ0) is 13.0. The first-order chi connectivity index (χ1) is 8.45. The Bertz CT molecular complexity index is 336. The van der Waals surface area contributed by atoms with Crippen LogP contribution in [0.1, 0.15) is 46.0 Å². The van der Waals surface area contributed by atoms with Gasteiger partial charge in [0.1, 0.15) is 0 Å². The van der Waals surface area contributed by atoms with Crippen LogP contribution >= 0.6 is 0 Å². The summed E-state index contributed by atoms with van der Waals surface area (Å²) in [7, 11) is 2.14. The number of nitrogens with one attached hydrogen (secondary N) is 1. The second-order valence-electron chi connectivity index (χ2n) is 7.39. The van der Waals surface area contributed by atoms with E-state index in [4.69, 9.17) is 0 Å². The van der Waals surface area contributed by atoms with E-state index < -0.39 is 0 Å². The molecule has 0 unspecified atom stereocenters. The highest BCUT2D eigenvalue weighted by atomic mass is 16.2. The summed E-state index contributed by atoms with van der Waals surface area (Å²) in [4.78, 5) is 14.6. The molecular weight excluding hydrogens is 224 g/mol. The minimum Gasteiger partial charge on any atom is -0.350 e. The SMILES string of the molecule is CC(C)C12CC(NC(=O)C3CCN(C)CC3)(C1)C2. The zero-order valence-electron chi connectivity index (χ0n) is 12.0. The van der Waals surface area contributed by atoms with Crippen LogP contribution in [0, 0.1) is 17.3 Å². The molecule has 1 saturated heterocycles. The molecule has 4 fully saturated rings. The quantitative estimate of drug-likeness (QED) is 0.831. The van der Waals surface area contributed by atoms with Gasteiger partial charge in [0.2, 0.25) is 5.91 Å². The normalized spacial score (nSPS) is 40.2. The number of amides is 1. The van der Waals surface area contributed by atoms with Gasteiger partial charge in [0.05, 0.1) is 0 Å². The zero-order valence-corrected chi connectivity index (χ0v) is 12.0. The summed E-state index contributed by atoms with van der Waals surface area (Å²) in [6.07, 6.45) is 5.77. The van der Waals surface area contributed by atoms with Gasteiger partial charge in [-0.1, -0.05) is 13.8 Å². The van der Waals surface area contributed by atoms with E-state index in [0.29, 0.717) is 11.3 Å². The fourth-order valence-corrected chi connectivity index (χ4v) is 4.25. The minimum absolute atomic E-state index is 0.213. The van der Waals surface area contributed by atoms with Crippen LogP contribution in [0.25, 0.3) is 0 Å². The standard InChI is InChI=1S/C15H26N2O/c1-11(2)14-8-15(9-14,10-14)16-13(18)12-4-6-17(3)7-5-12/h11-12H,4-10H2,1-3H3,(H,16,18). The Labute approximate surface area is 110 Å². The van der Waals surface area contributed by atoms with Crippen molar-refractivity contribution >= 4 is 5.91 Å². The van der Waals surface area contributed by atoms with Crippen LogP contribution in [-0.4, -0.2) is 36.5 Å². The predicted molar refractivity (Wildman–Crippen MR) is 72.2 cm³/mol. The highest BCUT2D eigenvalue weighted by Gasteiger charge is 2.69. The number of likely N-dealkylation sites (tertiary alicyclic amines) is 1. The van der Waals surface area contributed by atoms with E-state index in [1.54, 1.807) is 0 Å². The molecule has 0 aromatic heterocycles. The van der Waals surface area contributed by atoms with E-state index in [2.05, 4.69) is 31.1 Å². The maximum atomic E-state index is 12.3. The number of nitrogens with zero attached hydrogens (tertiary/aromatic N) is 1. The van der Waals surface area contributed by atoms with E-state index in [0.717, 1.165) is 31.8 Å². The summed E-state index contributed by atoms with van der Waals surface area (Å²) in [5.41, 5.74) is 0.796. The van der Waals surface area contributed by atoms with Crippen molar-refractivity contribution in [1.29, 1.82) is 0 Å². The molecule has 1 amide bonds. The number of rotatable bonds is 3. The molecule has 0 aromatic carbocycles. The van der Waals surface area contributed by atoms with Gasteiger partial charge in [-0.05, 0) is 63.6 Å². The van der Waals surface area contributed by atoms with Crippen molar-refractivity contribution < 1.29 is 4.79 Å². The van der Waals surface area contributed by atoms with Crippen LogP contribution in [0.2, 0.25) is 0 Å². The van der Waals surface area contributed by atoms with Crippen molar-refractivity contribution in [1.82, 2.24) is 10.2 Å². The van der Waals surface area contributed by atoms with Gasteiger partial charge >= 0.3 is 0 Å². The van der Waals surface area contributed by atoms with E-state index in [-0.39, 0.29) is 11.5 Å². The van der Waals surface area contributed by atoms with E-state index in [9.17, 15) is 4.79 Å². The van der Waals surface area contributed by atoms with Crippen LogP contribution < -0.4 is 5.32 Å². The molecule has 18 heavy (non-hydrogen) atoms. The Morgan fingerprint density at radius 1 is 1.22 bits per heavy atom. The summed E-state index contributed by atoms with van der Waals surface area (Å²) in [5.74, 6) is 1.38. The lowest BCUT2D eigenvalue weighted by atomic mass is 9.36. The average molecular weight is 250 g/mol. The molecule has 2 bridgehead atoms. The van der Waals surface area contributed by atoms with E-state index >= 15 is 0 Å². The molecule has 0 atom stereocenters. The molecule has 1 N–H and O–H groups in total. The van der Waals surface area contributed by atoms with E-state index in [1.807, 2.05) is 0 Å². The monoisotopic (exact) mass is 250 g/mol. The van der Waals surface area contributed by atoms with Crippen LogP contribution in [0.3, 0.4) is 0 Å². The molecule has 1 heterocycles. The highest BCUT2D eigenvalue weighted by Crippen LogP contribution is 2.70. The van der Waals surface area contributed by atoms with Gasteiger partial charge in [-0.25, -0.2) is 0 Å². The van der Waals surface area contributed by atoms with Crippen molar-refractivity contribution in [3.8, 4) is 0 Å². The van der Waals surface area contributed by atoms with Crippen LogP contribution in [0.15, 0.2) is 0 Å². The van der Waals surface area contributed by atoms with Crippen LogP contribution in [-0.2, 0) is 4.79 Å². The fraction of sp³-hybridized carbons (Fsp3) is 0.933. The minimum atomic E-state index is 0.213. The molecule has 0 aromatic rings. The molecule has 1 aliphatic heterocycles. The third kappa shape index (κ3) is 1.78. The molecule has 0 spiro atoms. The molecule has 4 rings (SSSR count). The molecule has 102 valence electrons. The van der Waals surface area contributed by atoms with E-state index in [1.165, 1.54) is 19.3 Å². The number of carbonyl (C=O) groups excluding carboxylic acids is 1. The largest absolute Gasteiger partial charge is 0.350 e. The number of hydrogen-bond donors (Lipinski definition) is 1. The Hall–Kier alpha value is -0.570. The topological polar surface area (TPSA) is 32.3 Å². The first kappa shape index (κ1) is 12.5. The van der Waals surface area contributed by atoms with Gasteiger partial charge in [0, 0.05) is 11.5 Å². The average Bonchev–Trinajstić information content (AvgIpc) is 2.21. The smallest absolute Gasteiger partial charge is 0.223 e. The predicted octanol–water partition coefficient (Wildman–Crippen LogP) is 2.02. The molecule has 3 heteroatoms. The first-order valence-corrected chi connectivity index (χ1v) is 7.45. The summed E-state index contributed by atoms with van der Waals surface area (Å²) in [6.45, 7) is 6.78. The summed E-state index contributed by atoms with van der Waals surface area (Å²) < 4.78 is 0. The Morgan fingerprint density at radius 2 is 1.78 bits per heavy atom. The molecular formula is C15H26N2O. The number of carbonyl (C=O) groups is 1. The molecule has 4 aliphatic rings. The third-order valence-electron chi connectivity index (χ3n) is 5.77. The first-order valence-electron chi connectivity index (χ1n) is 7.45. The van der Waals surface area contributed by atoms with Crippen molar-refractivity contribution in [3.63, 3.8) is 0 Å². The van der Waals surface area contributed by atoms with Gasteiger partial charge in [-0.2, -0.15) is 0 Å². The molecule has 0 radical (unpaired) electrons. The van der Waals surface area contributed by atoms with Crippen molar-refractivity contribution in [3.05, 3.63) is 0 Å². The van der Waals surface area contributed by atoms with Crippen molar-refractivity contribution in [2.75, 3.05) is 20.1 Å². The lowest BCUT2D eigenvalue weighted by Crippen LogP contribution is -2.76. The highest BCUT2D eigenvalue weighted by molar-refractivity contribution is 5.80. The van der Waals surface area contributed by atoms with Crippen molar-refractivity contribution in [2.24, 2.45) is 17.3 Å². The lowest BCUT2D eigenvalue weighted by molar-refractivity contribution is -0.188. The maximum absolute atomic E-state index is 12.3. The maximum Gasteiger partial charge on any atom is 0.223 e. The van der Waals surface area contributed by atoms with Gasteiger partial charge < -0.3 is 10.2 Å². The Morgan fingerprint density at radius 3 is 2.28 bits per heavy atom. The van der Waals surface area contributed by atoms with Crippen LogP contribution in [0.5, 0.6) is 0 Å². The van der Waals surface area contributed by atoms with Crippen molar-refractivity contribution in [2.45, 2.75) is 51.5 Å². The number of piperidine rings is 1. The fourth-order valence-electron chi connectivity index (χ4n) is 4.25. The van der Waals surface area contributed by atoms with Gasteiger partial charge in [0.25, 0.3) is 0 Å². The summed E-state index contributed by atoms with van der Waals surface area (Å²) >= 11 is 0. The van der Waals surface area contributed by atoms with Gasteiger partial charge in [-0.15, -0.1) is 0 Å². The summed E-state index contributed by atoms with van der Waals surface area (Å²) in [5, 5.41) is 3.37. The second kappa shape index (κ2) is 3.96. The Balaban J connectivity index is 1.49. The Kier molecular flexibility index (Phi) is 2.74. The third-order valence-corrected chi connectivity index (χ3v) is 5.77. The molecule has 3 aliphatic carbocycles. The van der Waals surface area contributed by atoms with Gasteiger partial charge in [-0.3, -0.25) is 4.79 Å². The molecule has 3 saturated carbocycles. The van der Waals surface area contributed by atoms with Crippen LogP contribution in [0.4, 0.5) is 0 Å². The second-order valence-corrected chi connectivity index (χ2v) is 7.39. The van der Waals surface area contributed by atoms with Gasteiger partial charge in [0.15, 0.2) is 0 Å². The summed E-state index contributed by atoms with van der Waals surface area (Å²) in [6, 6.07) is 0. The lowest BCUT2D eigenvalue weighted by Gasteiger charge is -2.73. The number of hydrogen-bond acceptors (Lipinski definition) is 2. The molecule has 3 nitrogen and oxygen atoms in total.